The average molecular weight is 370 g/mol. The highest BCUT2D eigenvalue weighted by Gasteiger charge is 2.40. The Kier molecular flexibility index (Phi) is 5.58. The number of rotatable bonds is 4. The Labute approximate surface area is 151 Å². The Balaban J connectivity index is 1.84. The summed E-state index contributed by atoms with van der Waals surface area (Å²) in [5.74, 6) is -0.250. The van der Waals surface area contributed by atoms with E-state index in [2.05, 4.69) is 5.32 Å². The molecule has 1 aliphatic carbocycles. The van der Waals surface area contributed by atoms with Crippen molar-refractivity contribution in [1.29, 1.82) is 0 Å². The largest absolute Gasteiger partial charge is 0.416 e. The Morgan fingerprint density at radius 3 is 2.58 bits per heavy atom. The zero-order valence-corrected chi connectivity index (χ0v) is 14.6. The van der Waals surface area contributed by atoms with Crippen LogP contribution in [0.5, 0.6) is 0 Å². The number of carbonyl (C=O) groups excluding carboxylic acids is 1. The molecule has 1 saturated heterocycles. The molecule has 1 aromatic rings. The smallest absolute Gasteiger partial charge is 0.364 e. The van der Waals surface area contributed by atoms with Gasteiger partial charge in [0.25, 0.3) is 0 Å². The number of alkyl halides is 3. The van der Waals surface area contributed by atoms with Crippen LogP contribution in [0.1, 0.15) is 56.1 Å². The number of halogens is 3. The van der Waals surface area contributed by atoms with E-state index < -0.39 is 23.4 Å². The minimum Gasteiger partial charge on any atom is -0.364 e. The lowest BCUT2D eigenvalue weighted by Gasteiger charge is -2.39. The van der Waals surface area contributed by atoms with Crippen molar-refractivity contribution in [1.82, 2.24) is 5.32 Å². The van der Waals surface area contributed by atoms with Crippen molar-refractivity contribution in [2.75, 3.05) is 6.54 Å². The van der Waals surface area contributed by atoms with E-state index in [0.717, 1.165) is 31.7 Å². The molecule has 144 valence electrons. The molecule has 7 heteroatoms. The van der Waals surface area contributed by atoms with Crippen LogP contribution in [0.15, 0.2) is 24.3 Å². The Hall–Kier alpha value is -1.60. The summed E-state index contributed by atoms with van der Waals surface area (Å²) in [6.45, 7) is 0.364. The number of amides is 1. The van der Waals surface area contributed by atoms with Crippen molar-refractivity contribution in [2.45, 2.75) is 68.9 Å². The van der Waals surface area contributed by atoms with E-state index in [-0.39, 0.29) is 12.0 Å². The predicted molar refractivity (Wildman–Crippen MR) is 91.3 cm³/mol. The van der Waals surface area contributed by atoms with Gasteiger partial charge < -0.3 is 15.8 Å². The molecular weight excluding hydrogens is 345 g/mol. The fourth-order valence-corrected chi connectivity index (χ4v) is 4.02. The average Bonchev–Trinajstić information content (AvgIpc) is 3.11. The van der Waals surface area contributed by atoms with Crippen LogP contribution in [0.25, 0.3) is 0 Å². The molecule has 1 heterocycles. The topological polar surface area (TPSA) is 64.4 Å². The summed E-state index contributed by atoms with van der Waals surface area (Å²) in [4.78, 5) is 12.7. The second-order valence-electron chi connectivity index (χ2n) is 7.27. The number of hydrogen-bond donors (Lipinski definition) is 2. The van der Waals surface area contributed by atoms with Crippen LogP contribution in [0.2, 0.25) is 0 Å². The minimum absolute atomic E-state index is 0.124. The Bertz CT molecular complexity index is 642. The molecule has 1 amide bonds. The highest BCUT2D eigenvalue weighted by atomic mass is 19.4. The molecule has 1 saturated carbocycles. The molecule has 1 aromatic carbocycles. The van der Waals surface area contributed by atoms with E-state index in [9.17, 15) is 18.0 Å². The quantitative estimate of drug-likeness (QED) is 0.853. The van der Waals surface area contributed by atoms with Gasteiger partial charge in [-0.3, -0.25) is 4.79 Å². The molecule has 0 unspecified atom stereocenters. The summed E-state index contributed by atoms with van der Waals surface area (Å²) >= 11 is 0. The van der Waals surface area contributed by atoms with Gasteiger partial charge in [-0.25, -0.2) is 0 Å². The van der Waals surface area contributed by atoms with Gasteiger partial charge in [0.05, 0.1) is 17.2 Å². The predicted octanol–water partition coefficient (Wildman–Crippen LogP) is 3.49. The monoisotopic (exact) mass is 370 g/mol. The van der Waals surface area contributed by atoms with Crippen LogP contribution < -0.4 is 11.1 Å². The van der Waals surface area contributed by atoms with Gasteiger partial charge in [0, 0.05) is 6.54 Å². The van der Waals surface area contributed by atoms with Crippen LogP contribution in [0.4, 0.5) is 13.2 Å². The summed E-state index contributed by atoms with van der Waals surface area (Å²) in [5.41, 5.74) is 4.66. The van der Waals surface area contributed by atoms with Crippen molar-refractivity contribution in [3.8, 4) is 0 Å². The molecule has 26 heavy (non-hydrogen) atoms. The second-order valence-corrected chi connectivity index (χ2v) is 7.27. The maximum Gasteiger partial charge on any atom is 0.416 e. The van der Waals surface area contributed by atoms with E-state index >= 15 is 0 Å². The van der Waals surface area contributed by atoms with Crippen molar-refractivity contribution < 1.29 is 22.7 Å². The number of hydrogen-bond acceptors (Lipinski definition) is 3. The molecule has 1 aliphatic heterocycles. The number of benzene rings is 1. The van der Waals surface area contributed by atoms with Gasteiger partial charge in [0.2, 0.25) is 5.91 Å². The van der Waals surface area contributed by atoms with E-state index in [0.29, 0.717) is 31.4 Å². The fourth-order valence-electron chi connectivity index (χ4n) is 4.02. The van der Waals surface area contributed by atoms with Crippen LogP contribution in [0, 0.1) is 0 Å². The van der Waals surface area contributed by atoms with Gasteiger partial charge in [-0.1, -0.05) is 31.4 Å². The molecule has 2 atom stereocenters. The van der Waals surface area contributed by atoms with Crippen LogP contribution in [0.3, 0.4) is 0 Å². The summed E-state index contributed by atoms with van der Waals surface area (Å²) in [6, 6.07) is 5.33. The zero-order valence-electron chi connectivity index (χ0n) is 14.6. The number of nitrogens with two attached hydrogens (primary N) is 1. The van der Waals surface area contributed by atoms with E-state index in [1.165, 1.54) is 12.1 Å². The molecule has 2 fully saturated rings. The van der Waals surface area contributed by atoms with Crippen LogP contribution >= 0.6 is 0 Å². The maximum atomic E-state index is 13.1. The molecule has 0 aromatic heterocycles. The van der Waals surface area contributed by atoms with Gasteiger partial charge in [0.15, 0.2) is 0 Å². The molecule has 0 bridgehead atoms. The third-order valence-corrected chi connectivity index (χ3v) is 5.47. The lowest BCUT2D eigenvalue weighted by molar-refractivity contribution is -0.137. The van der Waals surface area contributed by atoms with Crippen molar-refractivity contribution >= 4 is 5.91 Å². The highest BCUT2D eigenvalue weighted by Crippen LogP contribution is 2.40. The number of carbonyl (C=O) groups is 1. The SMILES string of the molecule is NC[C@H]1CC[C@@H](C(=O)NC2(c3cccc(C(F)(F)F)c3)CCCCC2)O1. The van der Waals surface area contributed by atoms with Crippen LogP contribution in [-0.4, -0.2) is 24.7 Å². The van der Waals surface area contributed by atoms with Crippen molar-refractivity contribution in [2.24, 2.45) is 5.73 Å². The third kappa shape index (κ3) is 4.04. The zero-order chi connectivity index (χ0) is 18.8. The van der Waals surface area contributed by atoms with E-state index in [1.807, 2.05) is 0 Å². The van der Waals surface area contributed by atoms with Gasteiger partial charge in [0.1, 0.15) is 6.10 Å². The Morgan fingerprint density at radius 2 is 1.96 bits per heavy atom. The summed E-state index contributed by atoms with van der Waals surface area (Å²) in [5, 5.41) is 3.04. The Morgan fingerprint density at radius 1 is 1.23 bits per heavy atom. The van der Waals surface area contributed by atoms with Gasteiger partial charge in [-0.05, 0) is 43.4 Å². The van der Waals surface area contributed by atoms with Crippen molar-refractivity contribution in [3.63, 3.8) is 0 Å². The molecule has 3 N–H and O–H groups in total. The van der Waals surface area contributed by atoms with E-state index in [4.69, 9.17) is 10.5 Å². The molecular formula is C19H25F3N2O2. The number of ether oxygens (including phenoxy) is 1. The first-order chi connectivity index (χ1) is 12.3. The summed E-state index contributed by atoms with van der Waals surface area (Å²) in [7, 11) is 0. The van der Waals surface area contributed by atoms with Gasteiger partial charge in [-0.2, -0.15) is 13.2 Å². The molecule has 0 radical (unpaired) electrons. The first kappa shape index (κ1) is 19.2. The third-order valence-electron chi connectivity index (χ3n) is 5.47. The first-order valence-corrected chi connectivity index (χ1v) is 9.19. The van der Waals surface area contributed by atoms with Crippen LogP contribution in [-0.2, 0) is 21.2 Å². The van der Waals surface area contributed by atoms with Crippen molar-refractivity contribution in [3.05, 3.63) is 35.4 Å². The first-order valence-electron chi connectivity index (χ1n) is 9.19. The van der Waals surface area contributed by atoms with Gasteiger partial charge in [-0.15, -0.1) is 0 Å². The lowest BCUT2D eigenvalue weighted by Crippen LogP contribution is -2.50. The standard InChI is InChI=1S/C19H25F3N2O2/c20-19(21,22)14-6-4-5-13(11-14)18(9-2-1-3-10-18)24-17(25)16-8-7-15(12-23)26-16/h4-6,11,15-16H,1-3,7-10,12,23H2,(H,24,25)/t15-,16+/m1/s1. The molecule has 2 aliphatic rings. The molecule has 4 nitrogen and oxygen atoms in total. The highest BCUT2D eigenvalue weighted by molar-refractivity contribution is 5.82. The number of nitrogens with one attached hydrogen (secondary N) is 1. The van der Waals surface area contributed by atoms with Gasteiger partial charge >= 0.3 is 6.18 Å². The minimum atomic E-state index is -4.40. The van der Waals surface area contributed by atoms with E-state index in [1.54, 1.807) is 6.07 Å². The summed E-state index contributed by atoms with van der Waals surface area (Å²) < 4.78 is 45.0. The maximum absolute atomic E-state index is 13.1. The normalized spacial score (nSPS) is 25.8. The fraction of sp³-hybridized carbons (Fsp3) is 0.632. The second kappa shape index (κ2) is 7.56. The summed E-state index contributed by atoms with van der Waals surface area (Å²) in [6.07, 6.45) is 0.234. The molecule has 3 rings (SSSR count). The lowest BCUT2D eigenvalue weighted by atomic mass is 9.76. The molecule has 0 spiro atoms.